The molecule has 4 rings (SSSR count). The molecular weight excluding hydrogens is 623 g/mol. The van der Waals surface area contributed by atoms with Crippen molar-refractivity contribution in [3.63, 3.8) is 0 Å². The molecule has 2 heterocycles. The van der Waals surface area contributed by atoms with Crippen molar-refractivity contribution in [2.45, 2.75) is 70.5 Å². The molecule has 10 nitrogen and oxygen atoms in total. The van der Waals surface area contributed by atoms with Crippen LogP contribution in [0.5, 0.6) is 0 Å². The van der Waals surface area contributed by atoms with Crippen LogP contribution in [0.2, 0.25) is 0 Å². The standard InChI is InChI=1S/C35H39FN4O6S/c1-34(2,3)31(32(41)42)40(33(43)46-35(4,5)6)30-11-7-10-28(38-30)29(39-47(44,45)27-9-8-20-37-22-27)21-23-12-14-24(15-13-23)25-16-18-26(36)19-17-25/h7-20,22,29,31,39H,21H2,1-6H3,(H,41,42). The molecule has 0 saturated carbocycles. The van der Waals surface area contributed by atoms with Crippen LogP contribution in [0.1, 0.15) is 58.8 Å². The number of ether oxygens (including phenoxy) is 1. The van der Waals surface area contributed by atoms with Crippen molar-refractivity contribution in [3.8, 4) is 11.1 Å². The van der Waals surface area contributed by atoms with E-state index < -0.39 is 45.2 Å². The van der Waals surface area contributed by atoms with Gasteiger partial charge in [0.15, 0.2) is 0 Å². The third-order valence-electron chi connectivity index (χ3n) is 7.08. The lowest BCUT2D eigenvalue weighted by atomic mass is 9.85. The summed E-state index contributed by atoms with van der Waals surface area (Å²) in [5, 5.41) is 10.3. The van der Waals surface area contributed by atoms with Gasteiger partial charge in [0, 0.05) is 12.4 Å². The summed E-state index contributed by atoms with van der Waals surface area (Å²) in [6, 6.07) is 18.7. The van der Waals surface area contributed by atoms with E-state index in [-0.39, 0.29) is 28.6 Å². The van der Waals surface area contributed by atoms with Gasteiger partial charge < -0.3 is 9.84 Å². The predicted molar refractivity (Wildman–Crippen MR) is 177 cm³/mol. The Bertz CT molecular complexity index is 1800. The Morgan fingerprint density at radius 2 is 1.53 bits per heavy atom. The summed E-state index contributed by atoms with van der Waals surface area (Å²) in [6.45, 7) is 10.1. The van der Waals surface area contributed by atoms with Gasteiger partial charge in [-0.3, -0.25) is 4.98 Å². The number of aliphatic carboxylic acids is 1. The van der Waals surface area contributed by atoms with E-state index in [0.29, 0.717) is 0 Å². The fourth-order valence-corrected chi connectivity index (χ4v) is 6.13. The van der Waals surface area contributed by atoms with Gasteiger partial charge in [0.1, 0.15) is 28.2 Å². The Kier molecular flexibility index (Phi) is 10.5. The first kappa shape index (κ1) is 35.2. The topological polar surface area (TPSA) is 139 Å². The van der Waals surface area contributed by atoms with Crippen LogP contribution in [0.4, 0.5) is 15.0 Å². The average molecular weight is 663 g/mol. The maximum absolute atomic E-state index is 13.6. The third kappa shape index (κ3) is 9.20. The zero-order chi connectivity index (χ0) is 34.6. The van der Waals surface area contributed by atoms with Gasteiger partial charge in [-0.1, -0.05) is 63.2 Å². The Balaban J connectivity index is 1.78. The molecule has 0 aliphatic rings. The van der Waals surface area contributed by atoms with Crippen LogP contribution >= 0.6 is 0 Å². The fourth-order valence-electron chi connectivity index (χ4n) is 4.96. The molecule has 47 heavy (non-hydrogen) atoms. The Hall–Kier alpha value is -4.68. The number of pyridine rings is 2. The number of hydrogen-bond donors (Lipinski definition) is 2. The molecule has 0 radical (unpaired) electrons. The van der Waals surface area contributed by atoms with Gasteiger partial charge in [-0.05, 0) is 85.7 Å². The quantitative estimate of drug-likeness (QED) is 0.189. The highest BCUT2D eigenvalue weighted by atomic mass is 32.2. The summed E-state index contributed by atoms with van der Waals surface area (Å²) in [7, 11) is -4.10. The summed E-state index contributed by atoms with van der Waals surface area (Å²) < 4.78 is 48.8. The first-order valence-corrected chi connectivity index (χ1v) is 16.4. The van der Waals surface area contributed by atoms with Crippen molar-refractivity contribution in [1.82, 2.24) is 14.7 Å². The van der Waals surface area contributed by atoms with Crippen molar-refractivity contribution >= 4 is 27.9 Å². The maximum atomic E-state index is 13.6. The van der Waals surface area contributed by atoms with E-state index in [1.165, 1.54) is 42.7 Å². The molecule has 2 N–H and O–H groups in total. The van der Waals surface area contributed by atoms with Crippen LogP contribution in [0, 0.1) is 11.2 Å². The molecular formula is C35H39FN4O6S. The van der Waals surface area contributed by atoms with Crippen LogP contribution in [0.15, 0.2) is 96.2 Å². The molecule has 2 aromatic carbocycles. The Morgan fingerprint density at radius 1 is 0.915 bits per heavy atom. The SMILES string of the molecule is CC(C)(C)OC(=O)N(c1cccc(C(Cc2ccc(-c3ccc(F)cc3)cc2)NS(=O)(=O)c2cccnc2)n1)C(C(=O)O)C(C)(C)C. The number of carbonyl (C=O) groups excluding carboxylic acids is 1. The fraction of sp³-hybridized carbons (Fsp3) is 0.314. The lowest BCUT2D eigenvalue weighted by Gasteiger charge is -2.37. The van der Waals surface area contributed by atoms with E-state index in [1.54, 1.807) is 65.8 Å². The number of nitrogens with one attached hydrogen (secondary N) is 1. The van der Waals surface area contributed by atoms with Gasteiger partial charge in [-0.2, -0.15) is 0 Å². The summed E-state index contributed by atoms with van der Waals surface area (Å²) >= 11 is 0. The summed E-state index contributed by atoms with van der Waals surface area (Å²) in [4.78, 5) is 35.7. The van der Waals surface area contributed by atoms with Crippen molar-refractivity contribution < 1.29 is 32.2 Å². The molecule has 2 unspecified atom stereocenters. The van der Waals surface area contributed by atoms with E-state index in [1.807, 2.05) is 24.3 Å². The molecule has 0 saturated heterocycles. The number of carbonyl (C=O) groups is 2. The molecule has 0 spiro atoms. The number of sulfonamides is 1. The van der Waals surface area contributed by atoms with Gasteiger partial charge in [0.05, 0.1) is 11.7 Å². The monoisotopic (exact) mass is 662 g/mol. The van der Waals surface area contributed by atoms with E-state index in [9.17, 15) is 27.5 Å². The molecule has 0 bridgehead atoms. The zero-order valence-corrected chi connectivity index (χ0v) is 28.0. The van der Waals surface area contributed by atoms with Gasteiger partial charge in [0.25, 0.3) is 0 Å². The van der Waals surface area contributed by atoms with Crippen molar-refractivity contribution in [3.05, 3.63) is 108 Å². The van der Waals surface area contributed by atoms with E-state index in [4.69, 9.17) is 4.74 Å². The summed E-state index contributed by atoms with van der Waals surface area (Å²) in [5.41, 5.74) is 0.781. The highest BCUT2D eigenvalue weighted by Crippen LogP contribution is 2.32. The van der Waals surface area contributed by atoms with Crippen molar-refractivity contribution in [2.75, 3.05) is 4.90 Å². The van der Waals surface area contributed by atoms with Crippen LogP contribution < -0.4 is 9.62 Å². The molecule has 248 valence electrons. The third-order valence-corrected chi connectivity index (χ3v) is 8.53. The number of nitrogens with zero attached hydrogens (tertiary/aromatic N) is 3. The highest BCUT2D eigenvalue weighted by Gasteiger charge is 2.43. The van der Waals surface area contributed by atoms with Crippen molar-refractivity contribution in [1.29, 1.82) is 0 Å². The normalized spacial score (nSPS) is 13.4. The summed E-state index contributed by atoms with van der Waals surface area (Å²) in [6.07, 6.45) is 1.93. The first-order valence-electron chi connectivity index (χ1n) is 14.9. The minimum Gasteiger partial charge on any atom is -0.480 e. The largest absolute Gasteiger partial charge is 0.480 e. The number of benzene rings is 2. The second-order valence-electron chi connectivity index (χ2n) is 13.1. The number of rotatable bonds is 10. The van der Waals surface area contributed by atoms with Gasteiger partial charge in [0.2, 0.25) is 10.0 Å². The Morgan fingerprint density at radius 3 is 2.06 bits per heavy atom. The molecule has 0 fully saturated rings. The molecule has 0 aliphatic carbocycles. The second kappa shape index (κ2) is 14.0. The van der Waals surface area contributed by atoms with Gasteiger partial charge in [-0.15, -0.1) is 0 Å². The molecule has 4 aromatic rings. The van der Waals surface area contributed by atoms with E-state index >= 15 is 0 Å². The average Bonchev–Trinajstić information content (AvgIpc) is 2.99. The minimum absolute atomic E-state index is 0.0173. The maximum Gasteiger partial charge on any atom is 0.416 e. The number of amides is 1. The zero-order valence-electron chi connectivity index (χ0n) is 27.1. The number of carboxylic acid groups (broad SMARTS) is 1. The molecule has 2 aromatic heterocycles. The Labute approximate surface area is 274 Å². The minimum atomic E-state index is -4.10. The molecule has 1 amide bonds. The lowest BCUT2D eigenvalue weighted by molar-refractivity contribution is -0.141. The van der Waals surface area contributed by atoms with Crippen LogP contribution in [-0.2, 0) is 26.0 Å². The highest BCUT2D eigenvalue weighted by molar-refractivity contribution is 7.89. The molecule has 0 aliphatic heterocycles. The summed E-state index contributed by atoms with van der Waals surface area (Å²) in [5.74, 6) is -1.62. The predicted octanol–water partition coefficient (Wildman–Crippen LogP) is 6.79. The van der Waals surface area contributed by atoms with E-state index in [0.717, 1.165) is 21.6 Å². The smallest absolute Gasteiger partial charge is 0.416 e. The van der Waals surface area contributed by atoms with Gasteiger partial charge >= 0.3 is 12.1 Å². The number of hydrogen-bond acceptors (Lipinski definition) is 7. The van der Waals surface area contributed by atoms with Crippen LogP contribution in [0.3, 0.4) is 0 Å². The number of anilines is 1. The van der Waals surface area contributed by atoms with Crippen molar-refractivity contribution in [2.24, 2.45) is 5.41 Å². The van der Waals surface area contributed by atoms with E-state index in [2.05, 4.69) is 14.7 Å². The van der Waals surface area contributed by atoms with Gasteiger partial charge in [-0.25, -0.2) is 37.0 Å². The molecule has 12 heteroatoms. The second-order valence-corrected chi connectivity index (χ2v) is 14.9. The number of carboxylic acids is 1. The number of aromatic nitrogens is 2. The van der Waals surface area contributed by atoms with Crippen LogP contribution in [-0.4, -0.2) is 47.2 Å². The first-order chi connectivity index (χ1) is 21.9. The lowest BCUT2D eigenvalue weighted by Crippen LogP contribution is -2.54. The van der Waals surface area contributed by atoms with Crippen LogP contribution in [0.25, 0.3) is 11.1 Å². The molecule has 2 atom stereocenters. The number of halogens is 1.